The van der Waals surface area contributed by atoms with Crippen LogP contribution in [0.2, 0.25) is 0 Å². The van der Waals surface area contributed by atoms with Gasteiger partial charge in [0.15, 0.2) is 0 Å². The summed E-state index contributed by atoms with van der Waals surface area (Å²) in [5.41, 5.74) is 4.30. The molecule has 3 aromatic carbocycles. The molecule has 0 aliphatic carbocycles. The predicted octanol–water partition coefficient (Wildman–Crippen LogP) is 4.17. The highest BCUT2D eigenvalue weighted by molar-refractivity contribution is 6.03. The van der Waals surface area contributed by atoms with E-state index in [1.54, 1.807) is 76.7 Å². The maximum Gasteiger partial charge on any atom is 0.323 e. The summed E-state index contributed by atoms with van der Waals surface area (Å²) in [5.74, 6) is 1.52. The quantitative estimate of drug-likeness (QED) is 0.231. The lowest BCUT2D eigenvalue weighted by Crippen LogP contribution is -2.21. The van der Waals surface area contributed by atoms with E-state index in [9.17, 15) is 9.59 Å². The number of carbonyl (C=O) groups is 2. The van der Waals surface area contributed by atoms with E-state index < -0.39 is 0 Å². The lowest BCUT2D eigenvalue weighted by Gasteiger charge is -2.11. The summed E-state index contributed by atoms with van der Waals surface area (Å²) in [5, 5.41) is 17.1. The Kier molecular flexibility index (Phi) is 8.99. The Morgan fingerprint density at radius 2 is 0.750 bits per heavy atom. The third-order valence-electron chi connectivity index (χ3n) is 5.15. The fourth-order valence-electron chi connectivity index (χ4n) is 3.42. The number of hydrogen-bond acceptors (Lipinski definition) is 4. The molecule has 36 heavy (non-hydrogen) atoms. The maximum absolute atomic E-state index is 12.3. The van der Waals surface area contributed by atoms with Crippen LogP contribution in [0.1, 0.15) is 11.1 Å². The van der Waals surface area contributed by atoms with Gasteiger partial charge in [-0.2, -0.15) is 0 Å². The number of nitrogens with one attached hydrogen (secondary N) is 6. The fraction of sp³-hybridized carbons (Fsp3) is 0.154. The van der Waals surface area contributed by atoms with Crippen LogP contribution in [0.4, 0.5) is 32.3 Å². The number of amides is 4. The third-order valence-corrected chi connectivity index (χ3v) is 5.15. The zero-order chi connectivity index (χ0) is 25.9. The van der Waals surface area contributed by atoms with E-state index in [0.717, 1.165) is 22.8 Å². The summed E-state index contributed by atoms with van der Waals surface area (Å²) in [4.78, 5) is 33.0. The molecular formula is C26H30N8O2. The van der Waals surface area contributed by atoms with Crippen molar-refractivity contribution in [1.82, 2.24) is 10.6 Å². The minimum atomic E-state index is -0.378. The van der Waals surface area contributed by atoms with Gasteiger partial charge in [0.05, 0.1) is 0 Å². The Labute approximate surface area is 210 Å². The molecule has 0 aliphatic rings. The number of hydrogen-bond donors (Lipinski definition) is 6. The van der Waals surface area contributed by atoms with Crippen LogP contribution in [0.5, 0.6) is 0 Å². The van der Waals surface area contributed by atoms with Crippen LogP contribution < -0.4 is 31.9 Å². The lowest BCUT2D eigenvalue weighted by molar-refractivity contribution is 0.261. The first-order valence-corrected chi connectivity index (χ1v) is 11.2. The van der Waals surface area contributed by atoms with Gasteiger partial charge in [-0.15, -0.1) is 0 Å². The molecule has 10 heteroatoms. The van der Waals surface area contributed by atoms with Gasteiger partial charge in [0, 0.05) is 62.1 Å². The zero-order valence-corrected chi connectivity index (χ0v) is 20.6. The summed E-state index contributed by atoms with van der Waals surface area (Å²) in [6.45, 7) is 0. The number of aliphatic imine (C=N–C) groups is 2. The standard InChI is InChI=1S/C26H30N8O2/c1-27-23(28-2)17-5-9-19(10-6-17)31-25(35)33-21-13-15-22(16-14-21)34-26(36)32-20-11-7-18(8-12-20)24(29-3)30-4/h5-16H,1-4H3,(H,27,28)(H,29,30)(H2,31,33,35)(H2,32,34,36). The first-order valence-electron chi connectivity index (χ1n) is 11.2. The molecule has 0 radical (unpaired) electrons. The molecule has 0 aliphatic heterocycles. The topological polar surface area (TPSA) is 131 Å². The van der Waals surface area contributed by atoms with Crippen LogP contribution in [0.25, 0.3) is 0 Å². The minimum absolute atomic E-state index is 0.378. The highest BCUT2D eigenvalue weighted by Crippen LogP contribution is 2.16. The molecule has 3 rings (SSSR count). The van der Waals surface area contributed by atoms with Crippen LogP contribution in [-0.4, -0.2) is 51.9 Å². The molecule has 0 spiro atoms. The van der Waals surface area contributed by atoms with E-state index in [1.165, 1.54) is 0 Å². The molecule has 0 heterocycles. The van der Waals surface area contributed by atoms with E-state index >= 15 is 0 Å². The van der Waals surface area contributed by atoms with Gasteiger partial charge >= 0.3 is 12.1 Å². The van der Waals surface area contributed by atoms with Gasteiger partial charge in [0.25, 0.3) is 0 Å². The second kappa shape index (κ2) is 12.6. The second-order valence-electron chi connectivity index (χ2n) is 7.53. The van der Waals surface area contributed by atoms with Gasteiger partial charge in [-0.25, -0.2) is 9.59 Å². The second-order valence-corrected chi connectivity index (χ2v) is 7.53. The number of rotatable bonds is 6. The average molecular weight is 487 g/mol. The van der Waals surface area contributed by atoms with Crippen LogP contribution >= 0.6 is 0 Å². The van der Waals surface area contributed by atoms with Crippen molar-refractivity contribution >= 4 is 46.5 Å². The Morgan fingerprint density at radius 3 is 0.972 bits per heavy atom. The van der Waals surface area contributed by atoms with Crippen LogP contribution in [0.15, 0.2) is 82.8 Å². The van der Waals surface area contributed by atoms with Gasteiger partial charge < -0.3 is 31.9 Å². The lowest BCUT2D eigenvalue weighted by atomic mass is 10.2. The van der Waals surface area contributed by atoms with Crippen molar-refractivity contribution in [2.45, 2.75) is 0 Å². The molecule has 4 amide bonds. The molecule has 186 valence electrons. The summed E-state index contributed by atoms with van der Waals surface area (Å²) < 4.78 is 0. The van der Waals surface area contributed by atoms with Gasteiger partial charge in [-0.1, -0.05) is 0 Å². The summed E-state index contributed by atoms with van der Waals surface area (Å²) in [6.07, 6.45) is 0. The largest absolute Gasteiger partial charge is 0.373 e. The van der Waals surface area contributed by atoms with Gasteiger partial charge in [0.1, 0.15) is 11.7 Å². The Balaban J connectivity index is 1.50. The smallest absolute Gasteiger partial charge is 0.323 e. The van der Waals surface area contributed by atoms with Crippen LogP contribution in [0, 0.1) is 0 Å². The first kappa shape index (κ1) is 25.8. The van der Waals surface area contributed by atoms with Crippen molar-refractivity contribution in [1.29, 1.82) is 0 Å². The average Bonchev–Trinajstić information content (AvgIpc) is 2.88. The van der Waals surface area contributed by atoms with Crippen molar-refractivity contribution in [3.63, 3.8) is 0 Å². The SMILES string of the molecule is CN=C(NC)c1ccc(NC(=O)Nc2ccc(NC(=O)Nc3ccc(C(=NC)NC)cc3)cc2)cc1. The van der Waals surface area contributed by atoms with Crippen LogP contribution in [0.3, 0.4) is 0 Å². The monoisotopic (exact) mass is 486 g/mol. The fourth-order valence-corrected chi connectivity index (χ4v) is 3.42. The Morgan fingerprint density at radius 1 is 0.500 bits per heavy atom. The number of benzene rings is 3. The van der Waals surface area contributed by atoms with Gasteiger partial charge in [0.2, 0.25) is 0 Å². The molecule has 3 aromatic rings. The van der Waals surface area contributed by atoms with Gasteiger partial charge in [-0.05, 0) is 72.8 Å². The molecule has 6 N–H and O–H groups in total. The molecule has 0 fully saturated rings. The number of nitrogens with zero attached hydrogens (tertiary/aromatic N) is 2. The molecule has 10 nitrogen and oxygen atoms in total. The van der Waals surface area contributed by atoms with Gasteiger partial charge in [-0.3, -0.25) is 9.98 Å². The maximum atomic E-state index is 12.3. The summed E-state index contributed by atoms with van der Waals surface area (Å²) >= 11 is 0. The first-order chi connectivity index (χ1) is 17.4. The van der Waals surface area contributed by atoms with Crippen molar-refractivity contribution in [2.24, 2.45) is 9.98 Å². The third kappa shape index (κ3) is 7.07. The summed E-state index contributed by atoms with van der Waals surface area (Å²) in [6, 6.07) is 20.7. The number of carbonyl (C=O) groups excluding carboxylic acids is 2. The molecule has 0 saturated carbocycles. The highest BCUT2D eigenvalue weighted by Gasteiger charge is 2.07. The van der Waals surface area contributed by atoms with Crippen LogP contribution in [-0.2, 0) is 0 Å². The zero-order valence-electron chi connectivity index (χ0n) is 20.6. The van der Waals surface area contributed by atoms with E-state index in [-0.39, 0.29) is 12.1 Å². The molecule has 0 bridgehead atoms. The number of urea groups is 2. The van der Waals surface area contributed by atoms with E-state index in [2.05, 4.69) is 41.9 Å². The molecule has 0 atom stereocenters. The normalized spacial score (nSPS) is 11.3. The Bertz CT molecular complexity index is 1140. The minimum Gasteiger partial charge on any atom is -0.373 e. The number of anilines is 4. The van der Waals surface area contributed by atoms with Crippen molar-refractivity contribution in [2.75, 3.05) is 49.5 Å². The molecule has 0 unspecified atom stereocenters. The Hall–Kier alpha value is -4.86. The van der Waals surface area contributed by atoms with Crippen molar-refractivity contribution < 1.29 is 9.59 Å². The van der Waals surface area contributed by atoms with Crippen molar-refractivity contribution in [3.05, 3.63) is 83.9 Å². The molecule has 0 saturated heterocycles. The number of amidine groups is 2. The predicted molar refractivity (Wildman–Crippen MR) is 148 cm³/mol. The molecular weight excluding hydrogens is 456 g/mol. The van der Waals surface area contributed by atoms with E-state index in [0.29, 0.717) is 22.7 Å². The molecule has 0 aromatic heterocycles. The van der Waals surface area contributed by atoms with E-state index in [4.69, 9.17) is 0 Å². The summed E-state index contributed by atoms with van der Waals surface area (Å²) in [7, 11) is 7.02. The highest BCUT2D eigenvalue weighted by atomic mass is 16.2. The van der Waals surface area contributed by atoms with E-state index in [1.807, 2.05) is 24.3 Å². The van der Waals surface area contributed by atoms with Crippen molar-refractivity contribution in [3.8, 4) is 0 Å².